The first-order chi connectivity index (χ1) is 6.97. The predicted molar refractivity (Wildman–Crippen MR) is 56.7 cm³/mol. The Kier molecular flexibility index (Phi) is 2.63. The zero-order chi connectivity index (χ0) is 11.1. The lowest BCUT2D eigenvalue weighted by Gasteiger charge is -2.27. The molecule has 2 saturated heterocycles. The molecule has 2 rings (SSSR count). The maximum Gasteiger partial charge on any atom is 0.410 e. The third-order valence-corrected chi connectivity index (χ3v) is 2.99. The van der Waals surface area contributed by atoms with Crippen molar-refractivity contribution in [3.8, 4) is 0 Å². The molecule has 1 radical (unpaired) electrons. The lowest BCUT2D eigenvalue weighted by molar-refractivity contribution is 0.0227. The highest BCUT2D eigenvalue weighted by molar-refractivity contribution is 5.69. The van der Waals surface area contributed by atoms with Gasteiger partial charge in [-0.3, -0.25) is 0 Å². The molecule has 2 aliphatic heterocycles. The number of hydrogen-bond donors (Lipinski definition) is 0. The van der Waals surface area contributed by atoms with E-state index in [9.17, 15) is 4.79 Å². The number of nitrogens with zero attached hydrogens (tertiary/aromatic N) is 2. The van der Waals surface area contributed by atoms with Gasteiger partial charge >= 0.3 is 6.09 Å². The molecule has 2 atom stereocenters. The molecule has 2 heterocycles. The second-order valence-corrected chi connectivity index (χ2v) is 5.38. The Morgan fingerprint density at radius 2 is 2.13 bits per heavy atom. The van der Waals surface area contributed by atoms with Crippen molar-refractivity contribution in [2.45, 2.75) is 38.8 Å². The summed E-state index contributed by atoms with van der Waals surface area (Å²) in [6, 6.07) is 0.305. The number of amides is 1. The van der Waals surface area contributed by atoms with Crippen molar-refractivity contribution in [1.29, 1.82) is 0 Å². The summed E-state index contributed by atoms with van der Waals surface area (Å²) in [4.78, 5) is 13.7. The molecule has 4 nitrogen and oxygen atoms in total. The van der Waals surface area contributed by atoms with E-state index in [1.807, 2.05) is 25.7 Å². The van der Waals surface area contributed by atoms with E-state index in [-0.39, 0.29) is 6.09 Å². The molecule has 0 aromatic heterocycles. The Morgan fingerprint density at radius 3 is 2.80 bits per heavy atom. The van der Waals surface area contributed by atoms with Crippen LogP contribution in [0.2, 0.25) is 0 Å². The number of likely N-dealkylation sites (tertiary alicyclic amines) is 1. The van der Waals surface area contributed by atoms with Gasteiger partial charge in [0.05, 0.1) is 6.04 Å². The van der Waals surface area contributed by atoms with Crippen LogP contribution >= 0.6 is 0 Å². The minimum atomic E-state index is -0.398. The van der Waals surface area contributed by atoms with Crippen molar-refractivity contribution >= 4 is 6.09 Å². The molecule has 0 bridgehead atoms. The smallest absolute Gasteiger partial charge is 0.410 e. The largest absolute Gasteiger partial charge is 0.444 e. The molecule has 15 heavy (non-hydrogen) atoms. The molecule has 2 unspecified atom stereocenters. The summed E-state index contributed by atoms with van der Waals surface area (Å²) in [7, 11) is 0. The molecular formula is C11H19N2O2. The monoisotopic (exact) mass is 211 g/mol. The van der Waals surface area contributed by atoms with Gasteiger partial charge in [-0.1, -0.05) is 0 Å². The van der Waals surface area contributed by atoms with Crippen molar-refractivity contribution in [1.82, 2.24) is 10.2 Å². The highest BCUT2D eigenvalue weighted by Gasteiger charge is 2.41. The van der Waals surface area contributed by atoms with Gasteiger partial charge in [0.15, 0.2) is 0 Å². The molecule has 2 aliphatic rings. The number of carbonyl (C=O) groups is 1. The fourth-order valence-electron chi connectivity index (χ4n) is 2.30. The van der Waals surface area contributed by atoms with Crippen LogP contribution in [0.15, 0.2) is 0 Å². The Bertz CT molecular complexity index is 260. The third kappa shape index (κ3) is 2.25. The highest BCUT2D eigenvalue weighted by atomic mass is 16.6. The molecular weight excluding hydrogens is 192 g/mol. The predicted octanol–water partition coefficient (Wildman–Crippen LogP) is 1.23. The van der Waals surface area contributed by atoms with Gasteiger partial charge in [-0.2, -0.15) is 0 Å². The van der Waals surface area contributed by atoms with Gasteiger partial charge in [-0.25, -0.2) is 10.1 Å². The fourth-order valence-corrected chi connectivity index (χ4v) is 2.30. The van der Waals surface area contributed by atoms with Gasteiger partial charge in [0.2, 0.25) is 0 Å². The third-order valence-electron chi connectivity index (χ3n) is 2.99. The quantitative estimate of drug-likeness (QED) is 0.605. The van der Waals surface area contributed by atoms with Crippen molar-refractivity contribution in [3.63, 3.8) is 0 Å². The summed E-state index contributed by atoms with van der Waals surface area (Å²) < 4.78 is 5.38. The number of carbonyl (C=O) groups excluding carboxylic acids is 1. The molecule has 0 N–H and O–H groups in total. The topological polar surface area (TPSA) is 43.6 Å². The number of hydrogen-bond acceptors (Lipinski definition) is 2. The normalized spacial score (nSPS) is 30.5. The van der Waals surface area contributed by atoms with E-state index in [1.54, 1.807) is 0 Å². The Labute approximate surface area is 91.0 Å². The van der Waals surface area contributed by atoms with E-state index in [1.165, 1.54) is 0 Å². The van der Waals surface area contributed by atoms with Crippen LogP contribution in [0.3, 0.4) is 0 Å². The standard InChI is InChI=1S/C11H19N2O2/c1-11(2,3)15-10(14)13-5-4-8-6-12-7-9(8)13/h8-9H,4-7H2,1-3H3. The average molecular weight is 211 g/mol. The summed E-state index contributed by atoms with van der Waals surface area (Å²) in [6.07, 6.45) is 0.903. The van der Waals surface area contributed by atoms with Crippen molar-refractivity contribution < 1.29 is 9.53 Å². The minimum Gasteiger partial charge on any atom is -0.444 e. The van der Waals surface area contributed by atoms with Gasteiger partial charge in [0.1, 0.15) is 5.60 Å². The molecule has 4 heteroatoms. The molecule has 0 spiro atoms. The molecule has 0 aliphatic carbocycles. The maximum atomic E-state index is 11.9. The van der Waals surface area contributed by atoms with Crippen LogP contribution in [0.25, 0.3) is 0 Å². The first-order valence-corrected chi connectivity index (χ1v) is 5.60. The molecule has 1 amide bonds. The van der Waals surface area contributed by atoms with E-state index in [4.69, 9.17) is 4.74 Å². The van der Waals surface area contributed by atoms with E-state index in [0.717, 1.165) is 26.1 Å². The Balaban J connectivity index is 1.96. The lowest BCUT2D eigenvalue weighted by Crippen LogP contribution is -2.41. The van der Waals surface area contributed by atoms with Crippen LogP contribution in [-0.4, -0.2) is 42.3 Å². The van der Waals surface area contributed by atoms with Crippen LogP contribution in [0.4, 0.5) is 4.79 Å². The van der Waals surface area contributed by atoms with E-state index in [0.29, 0.717) is 12.0 Å². The number of rotatable bonds is 0. The molecule has 0 saturated carbocycles. The first-order valence-electron chi connectivity index (χ1n) is 5.60. The van der Waals surface area contributed by atoms with Crippen LogP contribution in [-0.2, 0) is 4.74 Å². The summed E-state index contributed by atoms with van der Waals surface area (Å²) in [5.74, 6) is 0.581. The van der Waals surface area contributed by atoms with E-state index in [2.05, 4.69) is 5.32 Å². The van der Waals surface area contributed by atoms with Crippen LogP contribution < -0.4 is 5.32 Å². The second kappa shape index (κ2) is 3.67. The van der Waals surface area contributed by atoms with Crippen LogP contribution in [0.1, 0.15) is 27.2 Å². The summed E-state index contributed by atoms with van der Waals surface area (Å²) in [5, 5.41) is 4.35. The number of fused-ring (bicyclic) bond motifs is 1. The highest BCUT2D eigenvalue weighted by Crippen LogP contribution is 2.29. The molecule has 0 aromatic carbocycles. The van der Waals surface area contributed by atoms with Crippen molar-refractivity contribution in [3.05, 3.63) is 0 Å². The Morgan fingerprint density at radius 1 is 1.40 bits per heavy atom. The SMILES string of the molecule is CC(C)(C)OC(=O)N1CCC2C[N]CC21. The molecule has 85 valence electrons. The van der Waals surface area contributed by atoms with E-state index < -0.39 is 5.60 Å². The van der Waals surface area contributed by atoms with Crippen molar-refractivity contribution in [2.75, 3.05) is 19.6 Å². The van der Waals surface area contributed by atoms with Crippen molar-refractivity contribution in [2.24, 2.45) is 5.92 Å². The summed E-state index contributed by atoms with van der Waals surface area (Å²) in [5.41, 5.74) is -0.398. The second-order valence-electron chi connectivity index (χ2n) is 5.38. The van der Waals surface area contributed by atoms with E-state index >= 15 is 0 Å². The fraction of sp³-hybridized carbons (Fsp3) is 0.909. The Hall–Kier alpha value is -0.770. The van der Waals surface area contributed by atoms with Gasteiger partial charge in [0.25, 0.3) is 0 Å². The van der Waals surface area contributed by atoms with Gasteiger partial charge in [-0.05, 0) is 33.1 Å². The van der Waals surface area contributed by atoms with Crippen LogP contribution in [0, 0.1) is 5.92 Å². The molecule has 0 aromatic rings. The van der Waals surface area contributed by atoms with Gasteiger partial charge in [-0.15, -0.1) is 0 Å². The maximum absolute atomic E-state index is 11.9. The average Bonchev–Trinajstić information content (AvgIpc) is 2.57. The van der Waals surface area contributed by atoms with Gasteiger partial charge in [0, 0.05) is 19.6 Å². The van der Waals surface area contributed by atoms with Crippen LogP contribution in [0.5, 0.6) is 0 Å². The minimum absolute atomic E-state index is 0.174. The zero-order valence-electron chi connectivity index (χ0n) is 9.69. The number of ether oxygens (including phenoxy) is 1. The lowest BCUT2D eigenvalue weighted by atomic mass is 10.1. The molecule has 2 fully saturated rings. The van der Waals surface area contributed by atoms with Gasteiger partial charge < -0.3 is 9.64 Å². The summed E-state index contributed by atoms with van der Waals surface area (Å²) in [6.45, 7) is 8.25. The zero-order valence-corrected chi connectivity index (χ0v) is 9.69. The summed E-state index contributed by atoms with van der Waals surface area (Å²) >= 11 is 0. The first kappa shape index (κ1) is 10.7.